The van der Waals surface area contributed by atoms with Gasteiger partial charge in [0.25, 0.3) is 0 Å². The van der Waals surface area contributed by atoms with Gasteiger partial charge in [0.1, 0.15) is 0 Å². The van der Waals surface area contributed by atoms with Crippen LogP contribution in [0.2, 0.25) is 0 Å². The highest BCUT2D eigenvalue weighted by Crippen LogP contribution is 2.30. The van der Waals surface area contributed by atoms with Crippen molar-refractivity contribution in [3.63, 3.8) is 0 Å². The number of guanidine groups is 1. The predicted molar refractivity (Wildman–Crippen MR) is 141 cm³/mol. The number of nitrogens with one attached hydrogen (secondary N) is 3. The molecule has 0 aliphatic carbocycles. The molecule has 3 rings (SSSR count). The molecule has 2 aromatic carbocycles. The summed E-state index contributed by atoms with van der Waals surface area (Å²) in [6, 6.07) is 16.5. The van der Waals surface area contributed by atoms with E-state index >= 15 is 0 Å². The average molecular weight is 554 g/mol. The topological polar surface area (TPSA) is 76.1 Å². The molecule has 3 N–H and O–H groups in total. The summed E-state index contributed by atoms with van der Waals surface area (Å²) in [5.74, 6) is 2.06. The fraction of sp³-hybridized carbons (Fsp3) is 0.458. The van der Waals surface area contributed by atoms with Crippen LogP contribution in [0.15, 0.2) is 53.5 Å². The number of hydrogen-bond donors (Lipinski definition) is 3. The molecule has 1 heterocycles. The van der Waals surface area contributed by atoms with E-state index in [1.165, 1.54) is 5.56 Å². The van der Waals surface area contributed by atoms with Crippen molar-refractivity contribution < 1.29 is 14.2 Å². The molecule has 0 amide bonds. The first-order valence-corrected chi connectivity index (χ1v) is 10.7. The van der Waals surface area contributed by atoms with Crippen LogP contribution < -0.4 is 25.4 Å². The van der Waals surface area contributed by atoms with Gasteiger partial charge < -0.3 is 30.2 Å². The predicted octanol–water partition coefficient (Wildman–Crippen LogP) is 4.21. The van der Waals surface area contributed by atoms with E-state index in [-0.39, 0.29) is 35.6 Å². The monoisotopic (exact) mass is 554 g/mol. The minimum atomic E-state index is -0.0806. The summed E-state index contributed by atoms with van der Waals surface area (Å²) in [7, 11) is 5.03. The van der Waals surface area contributed by atoms with Gasteiger partial charge in [-0.1, -0.05) is 30.3 Å². The number of halogens is 1. The lowest BCUT2D eigenvalue weighted by molar-refractivity contribution is 0.0355. The number of benzene rings is 2. The maximum atomic E-state index is 5.65. The van der Waals surface area contributed by atoms with E-state index in [4.69, 9.17) is 14.2 Å². The fourth-order valence-electron chi connectivity index (χ4n) is 3.90. The summed E-state index contributed by atoms with van der Waals surface area (Å²) in [6.45, 7) is 4.44. The zero-order chi connectivity index (χ0) is 22.1. The van der Waals surface area contributed by atoms with Crippen molar-refractivity contribution in [3.8, 4) is 11.5 Å². The minimum Gasteiger partial charge on any atom is -0.493 e. The molecule has 0 spiro atoms. The third-order valence-corrected chi connectivity index (χ3v) is 5.74. The number of methoxy groups -OCH3 is 2. The van der Waals surface area contributed by atoms with Crippen molar-refractivity contribution in [1.29, 1.82) is 0 Å². The van der Waals surface area contributed by atoms with Crippen molar-refractivity contribution in [2.45, 2.75) is 31.3 Å². The van der Waals surface area contributed by atoms with E-state index in [2.05, 4.69) is 52.1 Å². The number of aliphatic imine (C=N–C) groups is 1. The molecular formula is C24H35IN4O3. The Morgan fingerprint density at radius 2 is 1.75 bits per heavy atom. The lowest BCUT2D eigenvalue weighted by Gasteiger charge is -2.41. The van der Waals surface area contributed by atoms with Gasteiger partial charge in [-0.15, -0.1) is 24.0 Å². The Morgan fingerprint density at radius 1 is 1.06 bits per heavy atom. The van der Waals surface area contributed by atoms with E-state index in [0.717, 1.165) is 38.3 Å². The zero-order valence-corrected chi connectivity index (χ0v) is 21.6. The Balaban J connectivity index is 0.00000363. The second-order valence-electron chi connectivity index (χ2n) is 7.79. The Hall–Kier alpha value is -2.04. The molecule has 1 atom stereocenters. The van der Waals surface area contributed by atoms with Gasteiger partial charge >= 0.3 is 0 Å². The van der Waals surface area contributed by atoms with Crippen LogP contribution in [0.5, 0.6) is 11.5 Å². The standard InChI is InChI=1S/C24H34N4O3.HI/c1-18(19-8-6-5-7-9-19)28-24(12-14-31-15-13-24)17-26-23(25-2)27-20-10-11-21(29-3)22(16-20)30-4;/h5-11,16,18,28H,12-15,17H2,1-4H3,(H2,25,26,27);1H. The van der Waals surface area contributed by atoms with Gasteiger partial charge in [-0.2, -0.15) is 0 Å². The minimum absolute atomic E-state index is 0. The molecule has 0 bridgehead atoms. The smallest absolute Gasteiger partial charge is 0.195 e. The molecule has 1 fully saturated rings. The second-order valence-corrected chi connectivity index (χ2v) is 7.79. The van der Waals surface area contributed by atoms with Crippen LogP contribution in [0.4, 0.5) is 5.69 Å². The molecule has 7 nitrogen and oxygen atoms in total. The number of rotatable bonds is 8. The van der Waals surface area contributed by atoms with Crippen LogP contribution in [-0.2, 0) is 4.74 Å². The third-order valence-electron chi connectivity index (χ3n) is 5.74. The van der Waals surface area contributed by atoms with Gasteiger partial charge in [-0.25, -0.2) is 0 Å². The first-order chi connectivity index (χ1) is 15.1. The van der Waals surface area contributed by atoms with Gasteiger partial charge in [-0.05, 0) is 37.5 Å². The van der Waals surface area contributed by atoms with E-state index in [9.17, 15) is 0 Å². The number of anilines is 1. The Morgan fingerprint density at radius 3 is 2.38 bits per heavy atom. The molecule has 0 saturated carbocycles. The quantitative estimate of drug-likeness (QED) is 0.258. The average Bonchev–Trinajstić information content (AvgIpc) is 2.82. The van der Waals surface area contributed by atoms with Crippen molar-refractivity contribution >= 4 is 35.6 Å². The third kappa shape index (κ3) is 6.98. The normalized spacial score (nSPS) is 16.4. The molecule has 0 aromatic heterocycles. The first kappa shape index (κ1) is 26.2. The van der Waals surface area contributed by atoms with Crippen LogP contribution in [0, 0.1) is 0 Å². The second kappa shape index (κ2) is 12.9. The van der Waals surface area contributed by atoms with Crippen LogP contribution in [0.25, 0.3) is 0 Å². The van der Waals surface area contributed by atoms with Crippen molar-refractivity contribution in [3.05, 3.63) is 54.1 Å². The lowest BCUT2D eigenvalue weighted by Crippen LogP contribution is -2.57. The van der Waals surface area contributed by atoms with Crippen LogP contribution >= 0.6 is 24.0 Å². The molecule has 176 valence electrons. The van der Waals surface area contributed by atoms with Gasteiger partial charge in [-0.3, -0.25) is 4.99 Å². The summed E-state index contributed by atoms with van der Waals surface area (Å²) in [6.07, 6.45) is 1.87. The van der Waals surface area contributed by atoms with Gasteiger partial charge in [0, 0.05) is 50.1 Å². The number of ether oxygens (including phenoxy) is 3. The van der Waals surface area contributed by atoms with Crippen LogP contribution in [0.1, 0.15) is 31.4 Å². The zero-order valence-electron chi connectivity index (χ0n) is 19.3. The Labute approximate surface area is 208 Å². The highest BCUT2D eigenvalue weighted by molar-refractivity contribution is 14.0. The summed E-state index contributed by atoms with van der Waals surface area (Å²) >= 11 is 0. The van der Waals surface area contributed by atoms with Crippen LogP contribution in [-0.4, -0.2) is 52.5 Å². The molecule has 0 radical (unpaired) electrons. The summed E-state index contributed by atoms with van der Waals surface area (Å²) in [5.41, 5.74) is 2.07. The molecule has 1 aliphatic rings. The molecule has 8 heteroatoms. The Bertz CT molecular complexity index is 858. The van der Waals surface area contributed by atoms with Crippen molar-refractivity contribution in [2.24, 2.45) is 4.99 Å². The van der Waals surface area contributed by atoms with E-state index in [0.29, 0.717) is 17.5 Å². The van der Waals surface area contributed by atoms with Crippen LogP contribution in [0.3, 0.4) is 0 Å². The highest BCUT2D eigenvalue weighted by Gasteiger charge is 2.34. The molecular weight excluding hydrogens is 519 g/mol. The fourth-order valence-corrected chi connectivity index (χ4v) is 3.90. The molecule has 1 aliphatic heterocycles. The summed E-state index contributed by atoms with van der Waals surface area (Å²) in [4.78, 5) is 4.40. The van der Waals surface area contributed by atoms with E-state index in [1.54, 1.807) is 21.3 Å². The van der Waals surface area contributed by atoms with Crippen molar-refractivity contribution in [1.82, 2.24) is 10.6 Å². The largest absolute Gasteiger partial charge is 0.493 e. The Kier molecular flexibility index (Phi) is 10.5. The van der Waals surface area contributed by atoms with E-state index in [1.807, 2.05) is 24.3 Å². The highest BCUT2D eigenvalue weighted by atomic mass is 127. The maximum Gasteiger partial charge on any atom is 0.195 e. The summed E-state index contributed by atoms with van der Waals surface area (Å²) in [5, 5.41) is 10.7. The van der Waals surface area contributed by atoms with Gasteiger partial charge in [0.2, 0.25) is 0 Å². The molecule has 32 heavy (non-hydrogen) atoms. The van der Waals surface area contributed by atoms with Gasteiger partial charge in [0.05, 0.1) is 14.2 Å². The number of hydrogen-bond acceptors (Lipinski definition) is 5. The molecule has 1 saturated heterocycles. The summed E-state index contributed by atoms with van der Waals surface area (Å²) < 4.78 is 16.4. The maximum absolute atomic E-state index is 5.65. The van der Waals surface area contributed by atoms with E-state index < -0.39 is 0 Å². The SMILES string of the molecule is CN=C(NCC1(NC(C)c2ccccc2)CCOCC1)Nc1ccc(OC)c(OC)c1.I. The van der Waals surface area contributed by atoms with Gasteiger partial charge in [0.15, 0.2) is 17.5 Å². The molecule has 1 unspecified atom stereocenters. The van der Waals surface area contributed by atoms with Crippen molar-refractivity contribution in [2.75, 3.05) is 46.3 Å². The number of nitrogens with zero attached hydrogens (tertiary/aromatic N) is 1. The first-order valence-electron chi connectivity index (χ1n) is 10.7. The lowest BCUT2D eigenvalue weighted by atomic mass is 9.88. The molecule has 2 aromatic rings.